The Kier molecular flexibility index (Phi) is 6.76. The zero-order valence-electron chi connectivity index (χ0n) is 13.0. The van der Waals surface area contributed by atoms with Crippen molar-refractivity contribution in [3.05, 3.63) is 59.1 Å². The van der Waals surface area contributed by atoms with Gasteiger partial charge in [-0.2, -0.15) is 0 Å². The molecule has 2 rings (SSSR count). The molecule has 4 nitrogen and oxygen atoms in total. The maximum Gasteiger partial charge on any atom is 0.223 e. The molecule has 0 aliphatic carbocycles. The van der Waals surface area contributed by atoms with Crippen LogP contribution in [0.5, 0.6) is 11.5 Å². The molecular weight excluding hydrogens is 314 g/mol. The van der Waals surface area contributed by atoms with Crippen molar-refractivity contribution in [1.29, 1.82) is 0 Å². The number of hydrogen-bond acceptors (Lipinski definition) is 3. The summed E-state index contributed by atoms with van der Waals surface area (Å²) in [7, 11) is 0. The van der Waals surface area contributed by atoms with Gasteiger partial charge in [0.2, 0.25) is 5.91 Å². The second kappa shape index (κ2) is 9.06. The van der Waals surface area contributed by atoms with Gasteiger partial charge in [-0.3, -0.25) is 4.79 Å². The van der Waals surface area contributed by atoms with E-state index in [9.17, 15) is 4.79 Å². The summed E-state index contributed by atoms with van der Waals surface area (Å²) < 4.78 is 11.1. The fraction of sp³-hybridized carbons (Fsp3) is 0.278. The first-order valence-corrected chi connectivity index (χ1v) is 7.86. The Morgan fingerprint density at radius 1 is 1.09 bits per heavy atom. The molecule has 23 heavy (non-hydrogen) atoms. The molecule has 122 valence electrons. The Balaban J connectivity index is 1.59. The summed E-state index contributed by atoms with van der Waals surface area (Å²) in [5.41, 5.74) is 0.972. The number of amides is 1. The summed E-state index contributed by atoms with van der Waals surface area (Å²) in [6, 6.07) is 14.9. The lowest BCUT2D eigenvalue weighted by atomic mass is 10.2. The molecule has 0 radical (unpaired) electrons. The van der Waals surface area contributed by atoms with Gasteiger partial charge in [0.1, 0.15) is 18.1 Å². The number of carbonyl (C=O) groups is 1. The van der Waals surface area contributed by atoms with Gasteiger partial charge in [-0.1, -0.05) is 29.8 Å². The molecule has 0 saturated carbocycles. The summed E-state index contributed by atoms with van der Waals surface area (Å²) in [6.45, 7) is 3.15. The number of hydrogen-bond donors (Lipinski definition) is 1. The van der Waals surface area contributed by atoms with E-state index in [-0.39, 0.29) is 5.91 Å². The van der Waals surface area contributed by atoms with E-state index < -0.39 is 0 Å². The largest absolute Gasteiger partial charge is 0.493 e. The Morgan fingerprint density at radius 3 is 2.61 bits per heavy atom. The normalized spacial score (nSPS) is 10.2. The SMILES string of the molecule is Cc1cc(Cl)ccc1OCCNC(=O)CCOc1ccccc1. The van der Waals surface area contributed by atoms with Crippen LogP contribution in [0.3, 0.4) is 0 Å². The van der Waals surface area contributed by atoms with Gasteiger partial charge >= 0.3 is 0 Å². The van der Waals surface area contributed by atoms with Crippen molar-refractivity contribution < 1.29 is 14.3 Å². The number of benzene rings is 2. The van der Waals surface area contributed by atoms with Crippen LogP contribution in [-0.2, 0) is 4.79 Å². The van der Waals surface area contributed by atoms with Crippen LogP contribution < -0.4 is 14.8 Å². The minimum Gasteiger partial charge on any atom is -0.493 e. The second-order valence-corrected chi connectivity index (χ2v) is 5.46. The third kappa shape index (κ3) is 6.20. The second-order valence-electron chi connectivity index (χ2n) is 5.02. The summed E-state index contributed by atoms with van der Waals surface area (Å²) in [4.78, 5) is 11.7. The van der Waals surface area contributed by atoms with E-state index in [0.717, 1.165) is 17.1 Å². The van der Waals surface area contributed by atoms with Gasteiger partial charge in [-0.25, -0.2) is 0 Å². The van der Waals surface area contributed by atoms with E-state index in [2.05, 4.69) is 5.32 Å². The average Bonchev–Trinajstić information content (AvgIpc) is 2.54. The lowest BCUT2D eigenvalue weighted by Crippen LogP contribution is -2.29. The van der Waals surface area contributed by atoms with Crippen LogP contribution >= 0.6 is 11.6 Å². The zero-order chi connectivity index (χ0) is 16.5. The van der Waals surface area contributed by atoms with Gasteiger partial charge in [0.25, 0.3) is 0 Å². The maximum atomic E-state index is 11.7. The molecule has 0 bridgehead atoms. The van der Waals surface area contributed by atoms with Crippen LogP contribution in [0.4, 0.5) is 0 Å². The number of rotatable bonds is 8. The molecule has 0 fully saturated rings. The van der Waals surface area contributed by atoms with Crippen molar-refractivity contribution in [1.82, 2.24) is 5.32 Å². The Labute approximate surface area is 141 Å². The van der Waals surface area contributed by atoms with Gasteiger partial charge < -0.3 is 14.8 Å². The van der Waals surface area contributed by atoms with E-state index in [1.54, 1.807) is 6.07 Å². The van der Waals surface area contributed by atoms with Crippen molar-refractivity contribution in [3.63, 3.8) is 0 Å². The van der Waals surface area contributed by atoms with Crippen LogP contribution in [0.2, 0.25) is 5.02 Å². The highest BCUT2D eigenvalue weighted by Gasteiger charge is 2.03. The van der Waals surface area contributed by atoms with Gasteiger partial charge in [-0.05, 0) is 42.8 Å². The predicted molar refractivity (Wildman–Crippen MR) is 91.2 cm³/mol. The van der Waals surface area contributed by atoms with Gasteiger partial charge in [0, 0.05) is 5.02 Å². The highest BCUT2D eigenvalue weighted by molar-refractivity contribution is 6.30. The molecule has 2 aromatic rings. The van der Waals surface area contributed by atoms with Gasteiger partial charge in [-0.15, -0.1) is 0 Å². The lowest BCUT2D eigenvalue weighted by Gasteiger charge is -2.10. The van der Waals surface area contributed by atoms with Crippen LogP contribution in [0.15, 0.2) is 48.5 Å². The van der Waals surface area contributed by atoms with E-state index in [1.807, 2.05) is 49.4 Å². The minimum atomic E-state index is -0.0580. The van der Waals surface area contributed by atoms with Crippen LogP contribution in [0.25, 0.3) is 0 Å². The number of para-hydroxylation sites is 1. The molecule has 0 unspecified atom stereocenters. The quantitative estimate of drug-likeness (QED) is 0.751. The first kappa shape index (κ1) is 17.2. The first-order valence-electron chi connectivity index (χ1n) is 7.48. The molecule has 0 aliphatic rings. The average molecular weight is 334 g/mol. The molecule has 0 heterocycles. The standard InChI is InChI=1S/C18H20ClNO3/c1-14-13-15(19)7-8-17(14)23-12-10-20-18(21)9-11-22-16-5-3-2-4-6-16/h2-8,13H,9-12H2,1H3,(H,20,21). The fourth-order valence-corrected chi connectivity index (χ4v) is 2.22. The molecule has 5 heteroatoms. The van der Waals surface area contributed by atoms with Crippen LogP contribution in [0, 0.1) is 6.92 Å². The zero-order valence-corrected chi connectivity index (χ0v) is 13.8. The molecule has 0 spiro atoms. The number of aryl methyl sites for hydroxylation is 1. The molecule has 0 aliphatic heterocycles. The molecule has 1 amide bonds. The van der Waals surface area contributed by atoms with Gasteiger partial charge in [0.05, 0.1) is 19.6 Å². The number of carbonyl (C=O) groups excluding carboxylic acids is 1. The number of ether oxygens (including phenoxy) is 2. The van der Waals surface area contributed by atoms with E-state index >= 15 is 0 Å². The first-order chi connectivity index (χ1) is 11.1. The molecule has 0 aromatic heterocycles. The molecule has 0 saturated heterocycles. The smallest absolute Gasteiger partial charge is 0.223 e. The van der Waals surface area contributed by atoms with Crippen molar-refractivity contribution in [2.24, 2.45) is 0 Å². The highest BCUT2D eigenvalue weighted by atomic mass is 35.5. The third-order valence-electron chi connectivity index (χ3n) is 3.16. The van der Waals surface area contributed by atoms with Crippen LogP contribution in [0.1, 0.15) is 12.0 Å². The lowest BCUT2D eigenvalue weighted by molar-refractivity contribution is -0.121. The number of nitrogens with one attached hydrogen (secondary N) is 1. The molecule has 1 N–H and O–H groups in total. The van der Waals surface area contributed by atoms with Crippen molar-refractivity contribution >= 4 is 17.5 Å². The van der Waals surface area contributed by atoms with Crippen molar-refractivity contribution in [3.8, 4) is 11.5 Å². The molecule has 0 atom stereocenters. The van der Waals surface area contributed by atoms with E-state index in [0.29, 0.717) is 31.2 Å². The van der Waals surface area contributed by atoms with E-state index in [4.69, 9.17) is 21.1 Å². The third-order valence-corrected chi connectivity index (χ3v) is 3.39. The summed E-state index contributed by atoms with van der Waals surface area (Å²) in [6.07, 6.45) is 0.314. The van der Waals surface area contributed by atoms with Crippen LogP contribution in [-0.4, -0.2) is 25.7 Å². The summed E-state index contributed by atoms with van der Waals surface area (Å²) in [5, 5.41) is 3.48. The molecule has 2 aromatic carbocycles. The topological polar surface area (TPSA) is 47.6 Å². The number of halogens is 1. The Bertz CT molecular complexity index is 631. The van der Waals surface area contributed by atoms with Crippen molar-refractivity contribution in [2.45, 2.75) is 13.3 Å². The summed E-state index contributed by atoms with van der Waals surface area (Å²) in [5.74, 6) is 1.48. The fourth-order valence-electron chi connectivity index (χ4n) is 1.99. The predicted octanol–water partition coefficient (Wildman–Crippen LogP) is 3.61. The Morgan fingerprint density at radius 2 is 1.87 bits per heavy atom. The van der Waals surface area contributed by atoms with E-state index in [1.165, 1.54) is 0 Å². The highest BCUT2D eigenvalue weighted by Crippen LogP contribution is 2.21. The Hall–Kier alpha value is -2.20. The van der Waals surface area contributed by atoms with Gasteiger partial charge in [0.15, 0.2) is 0 Å². The molecular formula is C18H20ClNO3. The monoisotopic (exact) mass is 333 g/mol. The maximum absolute atomic E-state index is 11.7. The van der Waals surface area contributed by atoms with Crippen molar-refractivity contribution in [2.75, 3.05) is 19.8 Å². The minimum absolute atomic E-state index is 0.0580. The summed E-state index contributed by atoms with van der Waals surface area (Å²) >= 11 is 5.89.